The number of fused-ring (bicyclic) bond motifs is 1. The third kappa shape index (κ3) is 3.98. The summed E-state index contributed by atoms with van der Waals surface area (Å²) >= 11 is 0. The van der Waals surface area contributed by atoms with Crippen LogP contribution in [0.1, 0.15) is 49.3 Å². The summed E-state index contributed by atoms with van der Waals surface area (Å²) in [6.45, 7) is 1.44. The lowest BCUT2D eigenvalue weighted by Crippen LogP contribution is -2.33. The Morgan fingerprint density at radius 2 is 2.06 bits per heavy atom. The van der Waals surface area contributed by atoms with E-state index in [0.717, 1.165) is 25.7 Å². The van der Waals surface area contributed by atoms with Crippen LogP contribution in [-0.4, -0.2) is 93.4 Å². The molecule has 4 atom stereocenters. The number of carbonyl (C=O) groups is 1. The third-order valence-corrected chi connectivity index (χ3v) is 6.08. The van der Waals surface area contributed by atoms with Crippen molar-refractivity contribution in [3.05, 3.63) is 18.2 Å². The van der Waals surface area contributed by atoms with Crippen LogP contribution in [0.15, 0.2) is 12.5 Å². The molecule has 1 saturated carbocycles. The van der Waals surface area contributed by atoms with Crippen molar-refractivity contribution < 1.29 is 29.6 Å². The molecule has 2 aliphatic rings. The molecule has 0 amide bonds. The molecule has 14 heteroatoms. The van der Waals surface area contributed by atoms with Gasteiger partial charge in [0.25, 0.3) is 5.95 Å². The predicted molar refractivity (Wildman–Crippen MR) is 115 cm³/mol. The van der Waals surface area contributed by atoms with Crippen molar-refractivity contribution in [2.75, 3.05) is 18.5 Å². The van der Waals surface area contributed by atoms with Gasteiger partial charge in [-0.05, 0) is 19.8 Å². The lowest BCUT2D eigenvalue weighted by Gasteiger charge is -2.17. The van der Waals surface area contributed by atoms with Gasteiger partial charge in [0.05, 0.1) is 25.7 Å². The number of rotatable bonds is 7. The van der Waals surface area contributed by atoms with Crippen LogP contribution in [0.3, 0.4) is 0 Å². The van der Waals surface area contributed by atoms with Crippen LogP contribution in [0.25, 0.3) is 17.1 Å². The second kappa shape index (κ2) is 9.21. The maximum atomic E-state index is 12.0. The third-order valence-electron chi connectivity index (χ3n) is 6.08. The molecule has 3 aromatic heterocycles. The molecule has 0 aromatic carbocycles. The van der Waals surface area contributed by atoms with E-state index in [1.807, 2.05) is 0 Å². The number of imidazole rings is 1. The minimum Gasteiger partial charge on any atom is -0.461 e. The van der Waals surface area contributed by atoms with Crippen LogP contribution >= 0.6 is 0 Å². The van der Waals surface area contributed by atoms with Gasteiger partial charge in [-0.1, -0.05) is 18.1 Å². The zero-order valence-electron chi connectivity index (χ0n) is 18.5. The quantitative estimate of drug-likeness (QED) is 0.324. The molecule has 1 saturated heterocycles. The molecule has 5 rings (SSSR count). The number of carbonyl (C=O) groups excluding carboxylic acids is 1. The molecule has 4 N–H and O–H groups in total. The van der Waals surface area contributed by atoms with Gasteiger partial charge >= 0.3 is 5.97 Å². The monoisotopic (exact) mass is 474 g/mol. The van der Waals surface area contributed by atoms with Crippen molar-refractivity contribution in [2.45, 2.75) is 63.2 Å². The standard InChI is InChI=1S/C20H26N8O6/c1-2-33-19(32)11-7-28(26-25-11)20-23-16(22-10-5-3-4-6-10)13-17(24-20)27(9-21-13)18-15(31)14(30)12(8-29)34-18/h7,9-10,12,14-15,18,29-31H,2-6,8H2,1H3,(H,22,23,24). The molecule has 4 unspecified atom stereocenters. The summed E-state index contributed by atoms with van der Waals surface area (Å²) in [5, 5.41) is 41.4. The first-order valence-corrected chi connectivity index (χ1v) is 11.2. The molecule has 4 heterocycles. The zero-order valence-corrected chi connectivity index (χ0v) is 18.5. The Morgan fingerprint density at radius 3 is 2.76 bits per heavy atom. The van der Waals surface area contributed by atoms with Crippen LogP contribution in [0.2, 0.25) is 0 Å². The Labute approximate surface area is 193 Å². The van der Waals surface area contributed by atoms with Crippen LogP contribution in [0.5, 0.6) is 0 Å². The number of ether oxygens (including phenoxy) is 2. The van der Waals surface area contributed by atoms with E-state index in [1.165, 1.54) is 21.8 Å². The Kier molecular flexibility index (Phi) is 6.12. The molecule has 0 bridgehead atoms. The van der Waals surface area contributed by atoms with Gasteiger partial charge in [0.1, 0.15) is 18.3 Å². The summed E-state index contributed by atoms with van der Waals surface area (Å²) in [6.07, 6.45) is 2.47. The lowest BCUT2D eigenvalue weighted by atomic mass is 10.1. The number of nitrogens with one attached hydrogen (secondary N) is 1. The summed E-state index contributed by atoms with van der Waals surface area (Å²) in [4.78, 5) is 25.6. The van der Waals surface area contributed by atoms with Crippen molar-refractivity contribution in [1.29, 1.82) is 0 Å². The molecule has 34 heavy (non-hydrogen) atoms. The number of esters is 1. The van der Waals surface area contributed by atoms with Crippen molar-refractivity contribution in [2.24, 2.45) is 0 Å². The number of anilines is 1. The smallest absolute Gasteiger partial charge is 0.360 e. The van der Waals surface area contributed by atoms with E-state index in [9.17, 15) is 20.1 Å². The van der Waals surface area contributed by atoms with Gasteiger partial charge in [-0.25, -0.2) is 9.78 Å². The average molecular weight is 474 g/mol. The van der Waals surface area contributed by atoms with Crippen molar-refractivity contribution in [3.8, 4) is 5.95 Å². The van der Waals surface area contributed by atoms with E-state index in [1.54, 1.807) is 6.92 Å². The lowest BCUT2D eigenvalue weighted by molar-refractivity contribution is -0.0511. The molecule has 0 spiro atoms. The first kappa shape index (κ1) is 22.6. The van der Waals surface area contributed by atoms with Gasteiger partial charge in [0.15, 0.2) is 28.9 Å². The van der Waals surface area contributed by atoms with Crippen molar-refractivity contribution in [3.63, 3.8) is 0 Å². The molecule has 182 valence electrons. The Bertz CT molecular complexity index is 1180. The maximum absolute atomic E-state index is 12.0. The molecule has 2 fully saturated rings. The van der Waals surface area contributed by atoms with Crippen molar-refractivity contribution in [1.82, 2.24) is 34.5 Å². The summed E-state index contributed by atoms with van der Waals surface area (Å²) < 4.78 is 13.4. The maximum Gasteiger partial charge on any atom is 0.360 e. The Hall–Kier alpha value is -3.20. The first-order chi connectivity index (χ1) is 16.5. The minimum atomic E-state index is -1.30. The highest BCUT2D eigenvalue weighted by molar-refractivity contribution is 5.87. The van der Waals surface area contributed by atoms with E-state index in [4.69, 9.17) is 9.47 Å². The van der Waals surface area contributed by atoms with E-state index in [0.29, 0.717) is 17.0 Å². The first-order valence-electron chi connectivity index (χ1n) is 11.2. The fourth-order valence-electron chi connectivity index (χ4n) is 4.33. The van der Waals surface area contributed by atoms with E-state index in [2.05, 4.69) is 30.6 Å². The predicted octanol–water partition coefficient (Wildman–Crippen LogP) is -0.450. The molecule has 1 aliphatic heterocycles. The summed E-state index contributed by atoms with van der Waals surface area (Å²) in [5.41, 5.74) is 0.764. The second-order valence-electron chi connectivity index (χ2n) is 8.32. The van der Waals surface area contributed by atoms with Crippen LogP contribution in [0.4, 0.5) is 5.82 Å². The second-order valence-corrected chi connectivity index (χ2v) is 8.32. The average Bonchev–Trinajstić information content (AvgIpc) is 3.62. The number of hydrogen-bond donors (Lipinski definition) is 4. The van der Waals surface area contributed by atoms with E-state index < -0.39 is 37.1 Å². The van der Waals surface area contributed by atoms with Gasteiger partial charge < -0.3 is 30.1 Å². The van der Waals surface area contributed by atoms with Crippen molar-refractivity contribution >= 4 is 23.0 Å². The van der Waals surface area contributed by atoms with Gasteiger partial charge in [-0.2, -0.15) is 14.6 Å². The van der Waals surface area contributed by atoms with E-state index >= 15 is 0 Å². The molecular weight excluding hydrogens is 448 g/mol. The number of aliphatic hydroxyl groups is 3. The molecule has 3 aromatic rings. The van der Waals surface area contributed by atoms with Gasteiger partial charge in [-0.15, -0.1) is 5.10 Å². The fourth-order valence-corrected chi connectivity index (χ4v) is 4.33. The number of hydrogen-bond acceptors (Lipinski definition) is 12. The Morgan fingerprint density at radius 1 is 1.26 bits per heavy atom. The SMILES string of the molecule is CCOC(=O)c1cn(-c2nc(NC3CCCC3)c3ncn(C4OC(CO)C(O)C4O)c3n2)nn1. The summed E-state index contributed by atoms with van der Waals surface area (Å²) in [6, 6.07) is 0.218. The van der Waals surface area contributed by atoms with Crippen LogP contribution in [0, 0.1) is 0 Å². The highest BCUT2D eigenvalue weighted by atomic mass is 16.6. The highest BCUT2D eigenvalue weighted by Crippen LogP contribution is 2.33. The van der Waals surface area contributed by atoms with Crippen LogP contribution < -0.4 is 5.32 Å². The zero-order chi connectivity index (χ0) is 23.8. The number of aliphatic hydroxyl groups excluding tert-OH is 3. The largest absolute Gasteiger partial charge is 0.461 e. The highest BCUT2D eigenvalue weighted by Gasteiger charge is 2.44. The normalized spacial score (nSPS) is 25.3. The topological polar surface area (TPSA) is 183 Å². The molecule has 14 nitrogen and oxygen atoms in total. The minimum absolute atomic E-state index is 0.00724. The van der Waals surface area contributed by atoms with Crippen LogP contribution in [-0.2, 0) is 9.47 Å². The van der Waals surface area contributed by atoms with Gasteiger partial charge in [-0.3, -0.25) is 4.57 Å². The van der Waals surface area contributed by atoms with E-state index in [-0.39, 0.29) is 24.3 Å². The summed E-state index contributed by atoms with van der Waals surface area (Å²) in [7, 11) is 0. The van der Waals surface area contributed by atoms with Gasteiger partial charge in [0, 0.05) is 6.04 Å². The number of aromatic nitrogens is 7. The Balaban J connectivity index is 1.57. The molecule has 1 aliphatic carbocycles. The van der Waals surface area contributed by atoms with Gasteiger partial charge in [0.2, 0.25) is 0 Å². The number of nitrogens with zero attached hydrogens (tertiary/aromatic N) is 7. The summed E-state index contributed by atoms with van der Waals surface area (Å²) in [5.74, 6) is -0.0363. The molecular formula is C20H26N8O6. The molecule has 0 radical (unpaired) electrons. The fraction of sp³-hybridized carbons (Fsp3) is 0.600.